The van der Waals surface area contributed by atoms with E-state index in [-0.39, 0.29) is 24.1 Å². The molecule has 3 nitrogen and oxygen atoms in total. The van der Waals surface area contributed by atoms with Crippen LogP contribution in [0.1, 0.15) is 64.4 Å². The predicted molar refractivity (Wildman–Crippen MR) is 95.5 cm³/mol. The monoisotopic (exact) mass is 316 g/mol. The molecule has 1 aromatic carbocycles. The fourth-order valence-electron chi connectivity index (χ4n) is 2.88. The van der Waals surface area contributed by atoms with Gasteiger partial charge in [-0.25, -0.2) is 0 Å². The highest BCUT2D eigenvalue weighted by Gasteiger charge is 2.53. The largest absolute Gasteiger partial charge is 0.497 e. The van der Waals surface area contributed by atoms with Crippen LogP contribution in [0.5, 0.6) is 5.75 Å². The minimum absolute atomic E-state index is 0.134. The Labute approximate surface area is 141 Å². The molecule has 0 bridgehead atoms. The van der Waals surface area contributed by atoms with E-state index in [9.17, 15) is 0 Å². The minimum atomic E-state index is -0.327. The Morgan fingerprint density at radius 3 is 2.35 bits per heavy atom. The lowest BCUT2D eigenvalue weighted by atomic mass is 9.64. The number of hydrogen-bond acceptors (Lipinski definition) is 3. The molecule has 1 atom stereocenters. The standard InChI is InChI=1S/C19H29BO3/c1-8-9-10-17(16-13-15(21-7)12-11-14(16)2)20-22-18(3,4)19(5,6)23-20/h8,11-13,17H,2,9-10H2,1,3-7H3. The van der Waals surface area contributed by atoms with Crippen molar-refractivity contribution in [2.75, 3.05) is 7.11 Å². The van der Waals surface area contributed by atoms with E-state index >= 15 is 0 Å². The third kappa shape index (κ3) is 3.75. The minimum Gasteiger partial charge on any atom is -0.497 e. The van der Waals surface area contributed by atoms with Gasteiger partial charge in [-0.1, -0.05) is 19.4 Å². The maximum atomic E-state index is 6.30. The average molecular weight is 316 g/mol. The molecule has 126 valence electrons. The molecule has 2 radical (unpaired) electrons. The number of methoxy groups -OCH3 is 1. The van der Waals surface area contributed by atoms with Crippen molar-refractivity contribution in [3.8, 4) is 5.75 Å². The number of hydrogen-bond donors (Lipinski definition) is 0. The Morgan fingerprint density at radius 1 is 1.22 bits per heavy atom. The maximum absolute atomic E-state index is 6.30. The Balaban J connectivity index is 2.35. The second kappa shape index (κ2) is 6.86. The summed E-state index contributed by atoms with van der Waals surface area (Å²) in [4.78, 5) is 0. The molecule has 1 unspecified atom stereocenters. The molecule has 2 rings (SSSR count). The van der Waals surface area contributed by atoms with Gasteiger partial charge in [-0.3, -0.25) is 0 Å². The van der Waals surface area contributed by atoms with Gasteiger partial charge in [0.25, 0.3) is 0 Å². The van der Waals surface area contributed by atoms with Crippen LogP contribution in [0.25, 0.3) is 0 Å². The molecule has 0 aliphatic carbocycles. The van der Waals surface area contributed by atoms with Crippen molar-refractivity contribution in [1.29, 1.82) is 0 Å². The summed E-state index contributed by atoms with van der Waals surface area (Å²) in [7, 11) is 1.42. The van der Waals surface area contributed by atoms with Crippen LogP contribution < -0.4 is 4.74 Å². The lowest BCUT2D eigenvalue weighted by Gasteiger charge is -2.32. The summed E-state index contributed by atoms with van der Waals surface area (Å²) in [6, 6.07) is 6.01. The van der Waals surface area contributed by atoms with E-state index in [0.29, 0.717) is 0 Å². The zero-order valence-electron chi connectivity index (χ0n) is 15.3. The number of ether oxygens (including phenoxy) is 1. The van der Waals surface area contributed by atoms with Gasteiger partial charge in [0.2, 0.25) is 0 Å². The molecule has 1 aliphatic heterocycles. The molecule has 4 heteroatoms. The van der Waals surface area contributed by atoms with Crippen molar-refractivity contribution in [1.82, 2.24) is 0 Å². The molecule has 0 amide bonds. The topological polar surface area (TPSA) is 27.7 Å². The fourth-order valence-corrected chi connectivity index (χ4v) is 2.88. The van der Waals surface area contributed by atoms with Crippen LogP contribution in [-0.2, 0) is 9.31 Å². The normalized spacial score (nSPS) is 20.6. The van der Waals surface area contributed by atoms with Gasteiger partial charge in [-0.2, -0.15) is 0 Å². The quantitative estimate of drug-likeness (QED) is 0.718. The number of rotatable bonds is 6. The third-order valence-corrected chi connectivity index (χ3v) is 5.12. The van der Waals surface area contributed by atoms with Crippen molar-refractivity contribution >= 4 is 7.12 Å². The van der Waals surface area contributed by atoms with Crippen LogP contribution in [0.2, 0.25) is 0 Å². The summed E-state index contributed by atoms with van der Waals surface area (Å²) < 4.78 is 18.0. The molecule has 0 spiro atoms. The highest BCUT2D eigenvalue weighted by atomic mass is 16.7. The molecule has 0 N–H and O–H groups in total. The fraction of sp³-hybridized carbons (Fsp3) is 0.579. The first kappa shape index (κ1) is 18.3. The molecule has 1 fully saturated rings. The molecule has 0 saturated carbocycles. The summed E-state index contributed by atoms with van der Waals surface area (Å²) in [5.74, 6) is 0.976. The first-order chi connectivity index (χ1) is 10.7. The SMILES string of the molecule is [CH2]c1ccc(OC)cc1C(CC[CH]C)B1OC(C)(C)C(C)(C)O1. The number of benzene rings is 1. The maximum Gasteiger partial charge on any atom is 0.465 e. The summed E-state index contributed by atoms with van der Waals surface area (Å²) in [6.45, 7) is 14.6. The van der Waals surface area contributed by atoms with Crippen LogP contribution in [0.3, 0.4) is 0 Å². The van der Waals surface area contributed by atoms with Gasteiger partial charge in [0.15, 0.2) is 0 Å². The zero-order chi connectivity index (χ0) is 17.3. The van der Waals surface area contributed by atoms with Gasteiger partial charge >= 0.3 is 7.12 Å². The zero-order valence-corrected chi connectivity index (χ0v) is 15.3. The molecule has 1 saturated heterocycles. The second-order valence-corrected chi connectivity index (χ2v) is 7.28. The first-order valence-corrected chi connectivity index (χ1v) is 8.35. The van der Waals surface area contributed by atoms with Gasteiger partial charge in [-0.15, -0.1) is 0 Å². The summed E-state index contributed by atoms with van der Waals surface area (Å²) in [5, 5.41) is 0. The smallest absolute Gasteiger partial charge is 0.465 e. The summed E-state index contributed by atoms with van der Waals surface area (Å²) in [6.07, 6.45) is 4.15. The Morgan fingerprint density at radius 2 is 1.83 bits per heavy atom. The van der Waals surface area contributed by atoms with Crippen LogP contribution in [0.4, 0.5) is 0 Å². The average Bonchev–Trinajstić information content (AvgIpc) is 2.69. The Hall–Kier alpha value is -0.995. The highest BCUT2D eigenvalue weighted by molar-refractivity contribution is 6.47. The van der Waals surface area contributed by atoms with Gasteiger partial charge < -0.3 is 14.0 Å². The van der Waals surface area contributed by atoms with Gasteiger partial charge in [0.05, 0.1) is 18.3 Å². The van der Waals surface area contributed by atoms with E-state index in [0.717, 1.165) is 29.7 Å². The molecule has 0 aromatic heterocycles. The molecule has 1 aromatic rings. The van der Waals surface area contributed by atoms with Crippen molar-refractivity contribution in [3.63, 3.8) is 0 Å². The Bertz CT molecular complexity index is 523. The third-order valence-electron chi connectivity index (χ3n) is 5.12. The lowest BCUT2D eigenvalue weighted by Crippen LogP contribution is -2.41. The predicted octanol–water partition coefficient (Wildman–Crippen LogP) is 4.60. The number of unbranched alkanes of at least 4 members (excludes halogenated alkanes) is 1. The van der Waals surface area contributed by atoms with Crippen molar-refractivity contribution < 1.29 is 14.0 Å². The molecular weight excluding hydrogens is 287 g/mol. The van der Waals surface area contributed by atoms with Gasteiger partial charge in [0.1, 0.15) is 5.75 Å². The highest BCUT2D eigenvalue weighted by Crippen LogP contribution is 2.43. The molecule has 1 aliphatic rings. The van der Waals surface area contributed by atoms with Gasteiger partial charge in [-0.05, 0) is 70.7 Å². The summed E-state index contributed by atoms with van der Waals surface area (Å²) >= 11 is 0. The van der Waals surface area contributed by atoms with Crippen molar-refractivity contribution in [3.05, 3.63) is 42.7 Å². The van der Waals surface area contributed by atoms with Crippen molar-refractivity contribution in [2.45, 2.75) is 64.5 Å². The van der Waals surface area contributed by atoms with E-state index in [1.165, 1.54) is 0 Å². The second-order valence-electron chi connectivity index (χ2n) is 7.28. The van der Waals surface area contributed by atoms with E-state index in [2.05, 4.69) is 54.0 Å². The van der Waals surface area contributed by atoms with E-state index < -0.39 is 0 Å². The first-order valence-electron chi connectivity index (χ1n) is 8.35. The van der Waals surface area contributed by atoms with Crippen LogP contribution in [-0.4, -0.2) is 25.4 Å². The molecule has 1 heterocycles. The van der Waals surface area contributed by atoms with E-state index in [1.807, 2.05) is 12.1 Å². The lowest BCUT2D eigenvalue weighted by molar-refractivity contribution is 0.00578. The summed E-state index contributed by atoms with van der Waals surface area (Å²) in [5.41, 5.74) is 1.49. The van der Waals surface area contributed by atoms with E-state index in [4.69, 9.17) is 14.0 Å². The van der Waals surface area contributed by atoms with Crippen LogP contribution in [0.15, 0.2) is 18.2 Å². The van der Waals surface area contributed by atoms with Crippen LogP contribution in [0, 0.1) is 13.3 Å². The Kier molecular flexibility index (Phi) is 5.47. The van der Waals surface area contributed by atoms with E-state index in [1.54, 1.807) is 7.11 Å². The molecular formula is C19H29BO3. The van der Waals surface area contributed by atoms with Gasteiger partial charge in [0, 0.05) is 5.82 Å². The van der Waals surface area contributed by atoms with Crippen molar-refractivity contribution in [2.24, 2.45) is 0 Å². The molecule has 23 heavy (non-hydrogen) atoms. The van der Waals surface area contributed by atoms with Crippen LogP contribution >= 0.6 is 0 Å².